The number of piperazine rings is 1. The summed E-state index contributed by atoms with van der Waals surface area (Å²) in [7, 11) is 3.99. The van der Waals surface area contributed by atoms with Crippen molar-refractivity contribution < 1.29 is 22.7 Å². The van der Waals surface area contributed by atoms with Gasteiger partial charge in [0.05, 0.1) is 17.8 Å². The van der Waals surface area contributed by atoms with Gasteiger partial charge in [-0.25, -0.2) is 6.57 Å². The molecule has 41 heavy (non-hydrogen) atoms. The quantitative estimate of drug-likeness (QED) is 0.373. The number of likely N-dealkylation sites (N-methyl/N-ethyl adjacent to an activating group) is 1. The van der Waals surface area contributed by atoms with Crippen molar-refractivity contribution in [3.8, 4) is 6.01 Å². The summed E-state index contributed by atoms with van der Waals surface area (Å²) >= 11 is 0. The van der Waals surface area contributed by atoms with Crippen molar-refractivity contribution >= 4 is 17.4 Å². The van der Waals surface area contributed by atoms with Gasteiger partial charge in [-0.2, -0.15) is 23.1 Å². The van der Waals surface area contributed by atoms with Gasteiger partial charge in [0.25, 0.3) is 0 Å². The van der Waals surface area contributed by atoms with Crippen molar-refractivity contribution in [1.29, 1.82) is 0 Å². The normalized spacial score (nSPS) is 22.6. The SMILES string of the molecule is [C-]#[N+]C[C@H]1CN(c2nc(OC3CCC3N(C)C)nc3c2CCN(c2ccccc2C(F)(F)F)C3)CCN1C(=O)C=C. The van der Waals surface area contributed by atoms with Crippen molar-refractivity contribution in [2.45, 2.75) is 50.2 Å². The van der Waals surface area contributed by atoms with Gasteiger partial charge in [-0.1, -0.05) is 18.7 Å². The van der Waals surface area contributed by atoms with Crippen molar-refractivity contribution in [1.82, 2.24) is 19.8 Å². The molecule has 5 rings (SSSR count). The van der Waals surface area contributed by atoms with Gasteiger partial charge in [-0.15, -0.1) is 0 Å². The summed E-state index contributed by atoms with van der Waals surface area (Å²) < 4.78 is 47.8. The number of aromatic nitrogens is 2. The highest BCUT2D eigenvalue weighted by atomic mass is 19.4. The van der Waals surface area contributed by atoms with Crippen LogP contribution in [0, 0.1) is 6.57 Å². The number of hydrogen-bond donors (Lipinski definition) is 0. The largest absolute Gasteiger partial charge is 0.458 e. The van der Waals surface area contributed by atoms with E-state index < -0.39 is 11.7 Å². The smallest absolute Gasteiger partial charge is 0.418 e. The third-order valence-electron chi connectivity index (χ3n) is 8.21. The molecule has 1 amide bonds. The molecule has 0 radical (unpaired) electrons. The number of para-hydroxylation sites is 1. The van der Waals surface area contributed by atoms with E-state index in [4.69, 9.17) is 21.3 Å². The van der Waals surface area contributed by atoms with E-state index >= 15 is 0 Å². The zero-order valence-corrected chi connectivity index (χ0v) is 23.3. The van der Waals surface area contributed by atoms with Crippen LogP contribution in [0.4, 0.5) is 24.7 Å². The summed E-state index contributed by atoms with van der Waals surface area (Å²) in [4.78, 5) is 33.1. The lowest BCUT2D eigenvalue weighted by molar-refractivity contribution is -0.137. The highest BCUT2D eigenvalue weighted by Crippen LogP contribution is 2.39. The number of anilines is 2. The first-order chi connectivity index (χ1) is 19.6. The number of rotatable bonds is 7. The third kappa shape index (κ3) is 5.81. The number of nitrogens with zero attached hydrogens (tertiary/aromatic N) is 7. The highest BCUT2D eigenvalue weighted by Gasteiger charge is 2.39. The van der Waals surface area contributed by atoms with E-state index in [2.05, 4.69) is 21.2 Å². The summed E-state index contributed by atoms with van der Waals surface area (Å²) in [5.41, 5.74) is 0.928. The van der Waals surface area contributed by atoms with E-state index in [9.17, 15) is 18.0 Å². The number of amides is 1. The number of benzene rings is 1. The number of alkyl halides is 3. The van der Waals surface area contributed by atoms with Crippen LogP contribution < -0.4 is 14.5 Å². The number of carbonyl (C=O) groups excluding carboxylic acids is 1. The molecule has 1 saturated carbocycles. The van der Waals surface area contributed by atoms with Gasteiger partial charge in [0.1, 0.15) is 18.0 Å². The summed E-state index contributed by atoms with van der Waals surface area (Å²) in [6.07, 6.45) is -1.00. The summed E-state index contributed by atoms with van der Waals surface area (Å²) in [6, 6.07) is 5.69. The molecule has 0 spiro atoms. The zero-order chi connectivity index (χ0) is 29.3. The van der Waals surface area contributed by atoms with Crippen LogP contribution in [-0.2, 0) is 23.9 Å². The summed E-state index contributed by atoms with van der Waals surface area (Å²) in [6.45, 7) is 13.0. The molecule has 3 aliphatic rings. The van der Waals surface area contributed by atoms with Crippen LogP contribution in [0.25, 0.3) is 4.85 Å². The minimum Gasteiger partial charge on any atom is -0.458 e. The van der Waals surface area contributed by atoms with Crippen LogP contribution >= 0.6 is 0 Å². The minimum atomic E-state index is -4.48. The molecule has 218 valence electrons. The Kier molecular flexibility index (Phi) is 8.09. The number of fused-ring (bicyclic) bond motifs is 1. The van der Waals surface area contributed by atoms with Gasteiger partial charge in [-0.05, 0) is 51.6 Å². The van der Waals surface area contributed by atoms with Crippen LogP contribution in [0.5, 0.6) is 6.01 Å². The van der Waals surface area contributed by atoms with Gasteiger partial charge in [0.15, 0.2) is 0 Å². The van der Waals surface area contributed by atoms with E-state index in [1.54, 1.807) is 15.9 Å². The molecule has 9 nitrogen and oxygen atoms in total. The molecule has 0 bridgehead atoms. The fraction of sp³-hybridized carbons (Fsp3) is 0.517. The molecule has 1 saturated heterocycles. The van der Waals surface area contributed by atoms with Crippen LogP contribution in [0.2, 0.25) is 0 Å². The van der Waals surface area contributed by atoms with Crippen LogP contribution in [0.1, 0.15) is 29.7 Å². The predicted molar refractivity (Wildman–Crippen MR) is 149 cm³/mol. The Morgan fingerprint density at radius 2 is 1.98 bits per heavy atom. The number of halogens is 3. The first-order valence-corrected chi connectivity index (χ1v) is 13.8. The molecule has 2 aliphatic heterocycles. The standard InChI is InChI=1S/C29H34F3N7O2/c1-5-26(40)39-15-14-38(17-19(39)16-33-2)27-20-12-13-37(23-9-7-6-8-21(23)29(30,31)32)18-22(20)34-28(35-27)41-25-11-10-24(25)36(3)4/h5-9,19,24-25H,1,10-18H2,3-4H3/t19-,24?,25?/m0/s1. The average Bonchev–Trinajstić information content (AvgIpc) is 2.93. The monoisotopic (exact) mass is 569 g/mol. The molecule has 3 heterocycles. The maximum absolute atomic E-state index is 13.8. The van der Waals surface area contributed by atoms with E-state index in [0.29, 0.717) is 44.1 Å². The molecule has 0 N–H and O–H groups in total. The molecule has 2 aromatic rings. The fourth-order valence-electron chi connectivity index (χ4n) is 5.93. The average molecular weight is 570 g/mol. The Bertz CT molecular complexity index is 1340. The van der Waals surface area contributed by atoms with Crippen molar-refractivity contribution in [3.63, 3.8) is 0 Å². The molecular formula is C29H34F3N7O2. The molecule has 1 aliphatic carbocycles. The fourth-order valence-corrected chi connectivity index (χ4v) is 5.93. The molecule has 12 heteroatoms. The lowest BCUT2D eigenvalue weighted by Gasteiger charge is -2.42. The predicted octanol–water partition coefficient (Wildman–Crippen LogP) is 3.65. The van der Waals surface area contributed by atoms with E-state index in [0.717, 1.165) is 24.5 Å². The Labute approximate surface area is 238 Å². The van der Waals surface area contributed by atoms with E-state index in [-0.39, 0.29) is 48.9 Å². The second kappa shape index (κ2) is 11.6. The molecule has 1 aromatic heterocycles. The molecule has 1 aromatic carbocycles. The third-order valence-corrected chi connectivity index (χ3v) is 8.21. The van der Waals surface area contributed by atoms with Gasteiger partial charge >= 0.3 is 12.2 Å². The Hall–Kier alpha value is -3.85. The van der Waals surface area contributed by atoms with E-state index in [1.165, 1.54) is 18.2 Å². The molecular weight excluding hydrogens is 535 g/mol. The van der Waals surface area contributed by atoms with E-state index in [1.807, 2.05) is 14.1 Å². The van der Waals surface area contributed by atoms with Gasteiger partial charge in [0, 0.05) is 43.5 Å². The number of ether oxygens (including phenoxy) is 1. The maximum atomic E-state index is 13.8. The topological polar surface area (TPSA) is 69.4 Å². The second-order valence-electron chi connectivity index (χ2n) is 10.9. The van der Waals surface area contributed by atoms with Crippen molar-refractivity contribution in [3.05, 3.63) is 65.2 Å². The number of carbonyl (C=O) groups is 1. The molecule has 2 fully saturated rings. The van der Waals surface area contributed by atoms with Gasteiger partial charge in [0.2, 0.25) is 12.5 Å². The summed E-state index contributed by atoms with van der Waals surface area (Å²) in [5, 5.41) is 0. The van der Waals surface area contributed by atoms with Crippen molar-refractivity contribution in [2.24, 2.45) is 0 Å². The van der Waals surface area contributed by atoms with Crippen molar-refractivity contribution in [2.75, 3.05) is 56.6 Å². The molecule has 2 unspecified atom stereocenters. The lowest BCUT2D eigenvalue weighted by atomic mass is 9.88. The van der Waals surface area contributed by atoms with Crippen LogP contribution in [0.3, 0.4) is 0 Å². The Morgan fingerprint density at radius 3 is 2.63 bits per heavy atom. The van der Waals surface area contributed by atoms with Crippen LogP contribution in [-0.4, -0.2) is 90.7 Å². The first-order valence-electron chi connectivity index (χ1n) is 13.8. The molecule has 3 atom stereocenters. The zero-order valence-electron chi connectivity index (χ0n) is 23.3. The number of hydrogen-bond acceptors (Lipinski definition) is 7. The van der Waals surface area contributed by atoms with Gasteiger partial charge < -0.3 is 29.2 Å². The van der Waals surface area contributed by atoms with Gasteiger partial charge in [-0.3, -0.25) is 4.79 Å². The minimum absolute atomic E-state index is 0.0847. The second-order valence-corrected chi connectivity index (χ2v) is 10.9. The van der Waals surface area contributed by atoms with Crippen LogP contribution in [0.15, 0.2) is 36.9 Å². The lowest BCUT2D eigenvalue weighted by Crippen LogP contribution is -2.56. The Morgan fingerprint density at radius 1 is 1.20 bits per heavy atom. The summed E-state index contributed by atoms with van der Waals surface area (Å²) in [5.74, 6) is 0.445. The highest BCUT2D eigenvalue weighted by molar-refractivity contribution is 5.87. The first kappa shape index (κ1) is 28.7. The Balaban J connectivity index is 1.50. The maximum Gasteiger partial charge on any atom is 0.418 e.